The van der Waals surface area contributed by atoms with Gasteiger partial charge < -0.3 is 9.84 Å². The van der Waals surface area contributed by atoms with E-state index in [1.165, 1.54) is 6.07 Å². The first-order chi connectivity index (χ1) is 8.06. The Hall–Kier alpha value is -0.640. The molecule has 4 heteroatoms. The molecule has 1 N–H and O–H groups in total. The molecule has 0 bridgehead atoms. The van der Waals surface area contributed by atoms with E-state index < -0.39 is 11.9 Å². The zero-order valence-corrected chi connectivity index (χ0v) is 10.5. The summed E-state index contributed by atoms with van der Waals surface area (Å²) in [7, 11) is 0. The van der Waals surface area contributed by atoms with Crippen molar-refractivity contribution >= 4 is 11.6 Å². The highest BCUT2D eigenvalue weighted by Gasteiger charge is 2.28. The van der Waals surface area contributed by atoms with Crippen LogP contribution < -0.4 is 0 Å². The molecule has 2 rings (SSSR count). The summed E-state index contributed by atoms with van der Waals surface area (Å²) >= 11 is 5.69. The lowest BCUT2D eigenvalue weighted by molar-refractivity contribution is -0.0278. The van der Waals surface area contributed by atoms with Gasteiger partial charge in [-0.1, -0.05) is 17.7 Å². The number of benzene rings is 1. The molecular weight excluding hydrogens is 243 g/mol. The molecule has 1 aromatic rings. The second-order valence-corrected chi connectivity index (χ2v) is 4.99. The summed E-state index contributed by atoms with van der Waals surface area (Å²) < 4.78 is 18.6. The first kappa shape index (κ1) is 12.8. The Kier molecular flexibility index (Phi) is 4.02. The number of hydrogen-bond acceptors (Lipinski definition) is 2. The summed E-state index contributed by atoms with van der Waals surface area (Å²) in [5.41, 5.74) is 0.826. The SMILES string of the molecule is CC1CCC(C(O)Cc2ccc(F)c(Cl)c2)O1. The van der Waals surface area contributed by atoms with Crippen LogP contribution in [0.15, 0.2) is 18.2 Å². The Balaban J connectivity index is 1.98. The standard InChI is InChI=1S/C13H16ClFO2/c1-8-2-5-13(17-8)12(16)7-9-3-4-11(15)10(14)6-9/h3-4,6,8,12-13,16H,2,5,7H2,1H3. The smallest absolute Gasteiger partial charge is 0.141 e. The lowest BCUT2D eigenvalue weighted by Gasteiger charge is -2.18. The maximum atomic E-state index is 13.0. The van der Waals surface area contributed by atoms with Crippen LogP contribution in [0.3, 0.4) is 0 Å². The molecule has 3 unspecified atom stereocenters. The second-order valence-electron chi connectivity index (χ2n) is 4.58. The summed E-state index contributed by atoms with van der Waals surface area (Å²) in [5, 5.41) is 10.1. The summed E-state index contributed by atoms with van der Waals surface area (Å²) in [6, 6.07) is 4.52. The number of rotatable bonds is 3. The van der Waals surface area contributed by atoms with Crippen LogP contribution in [0.25, 0.3) is 0 Å². The third kappa shape index (κ3) is 3.18. The minimum atomic E-state index is -0.554. The zero-order valence-electron chi connectivity index (χ0n) is 9.70. The largest absolute Gasteiger partial charge is 0.390 e. The summed E-state index contributed by atoms with van der Waals surface area (Å²) in [6.07, 6.45) is 1.84. The van der Waals surface area contributed by atoms with Crippen LogP contribution in [-0.4, -0.2) is 23.4 Å². The summed E-state index contributed by atoms with van der Waals surface area (Å²) in [4.78, 5) is 0. The van der Waals surface area contributed by atoms with Gasteiger partial charge in [0.05, 0.1) is 23.3 Å². The van der Waals surface area contributed by atoms with Gasteiger partial charge in [0.15, 0.2) is 0 Å². The first-order valence-electron chi connectivity index (χ1n) is 5.83. The summed E-state index contributed by atoms with van der Waals surface area (Å²) in [5.74, 6) is -0.435. The zero-order chi connectivity index (χ0) is 12.4. The van der Waals surface area contributed by atoms with Gasteiger partial charge >= 0.3 is 0 Å². The topological polar surface area (TPSA) is 29.5 Å². The van der Waals surface area contributed by atoms with Crippen LogP contribution in [-0.2, 0) is 11.2 Å². The molecule has 1 fully saturated rings. The lowest BCUT2D eigenvalue weighted by atomic mass is 10.0. The molecule has 0 aromatic heterocycles. The van der Waals surface area contributed by atoms with Gasteiger partial charge in [-0.3, -0.25) is 0 Å². The lowest BCUT2D eigenvalue weighted by Crippen LogP contribution is -2.28. The van der Waals surface area contributed by atoms with E-state index in [0.29, 0.717) is 6.42 Å². The fourth-order valence-electron chi connectivity index (χ4n) is 2.16. The molecular formula is C13H16ClFO2. The predicted molar refractivity (Wildman–Crippen MR) is 64.7 cm³/mol. The van der Waals surface area contributed by atoms with Crippen molar-refractivity contribution in [2.75, 3.05) is 0 Å². The molecule has 17 heavy (non-hydrogen) atoms. The number of aliphatic hydroxyl groups is 1. The molecule has 1 aliphatic heterocycles. The van der Waals surface area contributed by atoms with Gasteiger partial charge in [-0.2, -0.15) is 0 Å². The van der Waals surface area contributed by atoms with Crippen LogP contribution >= 0.6 is 11.6 Å². The molecule has 0 amide bonds. The molecule has 2 nitrogen and oxygen atoms in total. The van der Waals surface area contributed by atoms with Crippen LogP contribution in [0, 0.1) is 5.82 Å². The van der Waals surface area contributed by atoms with Gasteiger partial charge in [-0.25, -0.2) is 4.39 Å². The molecule has 0 radical (unpaired) electrons. The first-order valence-corrected chi connectivity index (χ1v) is 6.21. The second kappa shape index (κ2) is 5.34. The molecule has 1 heterocycles. The van der Waals surface area contributed by atoms with Crippen molar-refractivity contribution in [3.8, 4) is 0 Å². The van der Waals surface area contributed by atoms with Gasteiger partial charge in [-0.15, -0.1) is 0 Å². The molecule has 0 aliphatic carbocycles. The van der Waals surface area contributed by atoms with E-state index in [-0.39, 0.29) is 17.2 Å². The van der Waals surface area contributed by atoms with E-state index in [0.717, 1.165) is 18.4 Å². The maximum absolute atomic E-state index is 13.0. The number of aliphatic hydroxyl groups excluding tert-OH is 1. The van der Waals surface area contributed by atoms with Crippen molar-refractivity contribution in [1.29, 1.82) is 0 Å². The average molecular weight is 259 g/mol. The molecule has 1 aromatic carbocycles. The number of halogens is 2. The van der Waals surface area contributed by atoms with E-state index in [4.69, 9.17) is 16.3 Å². The highest BCUT2D eigenvalue weighted by molar-refractivity contribution is 6.30. The predicted octanol–water partition coefficient (Wildman–Crippen LogP) is 2.95. The van der Waals surface area contributed by atoms with Gasteiger partial charge in [0, 0.05) is 6.42 Å². The highest BCUT2D eigenvalue weighted by atomic mass is 35.5. The molecule has 1 saturated heterocycles. The molecule has 3 atom stereocenters. The normalized spacial score (nSPS) is 26.1. The van der Waals surface area contributed by atoms with Crippen molar-refractivity contribution in [3.05, 3.63) is 34.6 Å². The molecule has 0 spiro atoms. The fraction of sp³-hybridized carbons (Fsp3) is 0.538. The third-order valence-electron chi connectivity index (χ3n) is 3.12. The van der Waals surface area contributed by atoms with Gasteiger partial charge in [0.2, 0.25) is 0 Å². The van der Waals surface area contributed by atoms with E-state index in [9.17, 15) is 9.50 Å². The average Bonchev–Trinajstić information content (AvgIpc) is 2.70. The van der Waals surface area contributed by atoms with E-state index in [1.807, 2.05) is 6.92 Å². The van der Waals surface area contributed by atoms with Crippen molar-refractivity contribution in [2.45, 2.75) is 44.5 Å². The van der Waals surface area contributed by atoms with Gasteiger partial charge in [0.1, 0.15) is 5.82 Å². The maximum Gasteiger partial charge on any atom is 0.141 e. The Bertz CT molecular complexity index is 397. The Labute approximate surface area is 105 Å². The Morgan fingerprint density at radius 3 is 2.88 bits per heavy atom. The fourth-order valence-corrected chi connectivity index (χ4v) is 2.36. The van der Waals surface area contributed by atoms with Crippen LogP contribution in [0.1, 0.15) is 25.3 Å². The van der Waals surface area contributed by atoms with Crippen molar-refractivity contribution in [3.63, 3.8) is 0 Å². The van der Waals surface area contributed by atoms with Gasteiger partial charge in [-0.05, 0) is 37.5 Å². The van der Waals surface area contributed by atoms with E-state index in [2.05, 4.69) is 0 Å². The Morgan fingerprint density at radius 2 is 2.29 bits per heavy atom. The molecule has 0 saturated carbocycles. The van der Waals surface area contributed by atoms with Gasteiger partial charge in [0.25, 0.3) is 0 Å². The number of hydrogen-bond donors (Lipinski definition) is 1. The number of ether oxygens (including phenoxy) is 1. The van der Waals surface area contributed by atoms with Crippen LogP contribution in [0.4, 0.5) is 4.39 Å². The van der Waals surface area contributed by atoms with Crippen molar-refractivity contribution in [2.24, 2.45) is 0 Å². The molecule has 94 valence electrons. The quantitative estimate of drug-likeness (QED) is 0.903. The minimum absolute atomic E-state index is 0.0930. The highest BCUT2D eigenvalue weighted by Crippen LogP contribution is 2.24. The monoisotopic (exact) mass is 258 g/mol. The van der Waals surface area contributed by atoms with E-state index >= 15 is 0 Å². The minimum Gasteiger partial charge on any atom is -0.390 e. The molecule has 1 aliphatic rings. The Morgan fingerprint density at radius 1 is 1.53 bits per heavy atom. The van der Waals surface area contributed by atoms with E-state index in [1.54, 1.807) is 12.1 Å². The van der Waals surface area contributed by atoms with Crippen LogP contribution in [0.2, 0.25) is 5.02 Å². The van der Waals surface area contributed by atoms with Crippen molar-refractivity contribution in [1.82, 2.24) is 0 Å². The van der Waals surface area contributed by atoms with Crippen LogP contribution in [0.5, 0.6) is 0 Å². The van der Waals surface area contributed by atoms with Crippen molar-refractivity contribution < 1.29 is 14.2 Å². The third-order valence-corrected chi connectivity index (χ3v) is 3.41. The summed E-state index contributed by atoms with van der Waals surface area (Å²) in [6.45, 7) is 2.00.